The van der Waals surface area contributed by atoms with Crippen molar-refractivity contribution in [2.45, 2.75) is 25.4 Å². The van der Waals surface area contributed by atoms with E-state index in [0.29, 0.717) is 18.2 Å². The Hall–Kier alpha value is -3.73. The molecule has 2 amide bonds. The minimum Gasteiger partial charge on any atom is -0.372 e. The third kappa shape index (κ3) is 5.34. The Morgan fingerprint density at radius 2 is 1.98 bits per heavy atom. The Bertz CT molecular complexity index is 1580. The van der Waals surface area contributed by atoms with E-state index in [-0.39, 0.29) is 11.6 Å². The topological polar surface area (TPSA) is 95.8 Å². The third-order valence-corrected chi connectivity index (χ3v) is 8.80. The van der Waals surface area contributed by atoms with Gasteiger partial charge in [-0.25, -0.2) is 19.7 Å². The quantitative estimate of drug-likeness (QED) is 0.352. The van der Waals surface area contributed by atoms with E-state index in [0.717, 1.165) is 76.4 Å². The van der Waals surface area contributed by atoms with Gasteiger partial charge < -0.3 is 14.5 Å². The summed E-state index contributed by atoms with van der Waals surface area (Å²) in [6, 6.07) is 14.2. The fourth-order valence-electron chi connectivity index (χ4n) is 5.63. The van der Waals surface area contributed by atoms with Crippen LogP contribution in [0.1, 0.15) is 24.1 Å². The highest BCUT2D eigenvalue weighted by atomic mass is 32.1. The first-order chi connectivity index (χ1) is 19.4. The number of hydrogen-bond acceptors (Lipinski definition) is 8. The summed E-state index contributed by atoms with van der Waals surface area (Å²) < 4.78 is 6.18. The second-order valence-corrected chi connectivity index (χ2v) is 11.6. The fourth-order valence-corrected chi connectivity index (χ4v) is 6.61. The van der Waals surface area contributed by atoms with Crippen molar-refractivity contribution in [1.82, 2.24) is 24.8 Å². The van der Waals surface area contributed by atoms with E-state index in [1.165, 1.54) is 11.3 Å². The Morgan fingerprint density at radius 1 is 1.12 bits per heavy atom. The van der Waals surface area contributed by atoms with Crippen LogP contribution in [-0.2, 0) is 4.74 Å². The molecule has 0 atom stereocenters. The number of amides is 2. The lowest BCUT2D eigenvalue weighted by Gasteiger charge is -2.46. The molecule has 4 aromatic rings. The van der Waals surface area contributed by atoms with Gasteiger partial charge in [-0.05, 0) is 56.1 Å². The fraction of sp³-hybridized carbons (Fsp3) is 0.367. The minimum atomic E-state index is -0.143. The lowest BCUT2D eigenvalue weighted by Crippen LogP contribution is -2.57. The molecule has 4 heterocycles. The largest absolute Gasteiger partial charge is 0.372 e. The van der Waals surface area contributed by atoms with Gasteiger partial charge in [0.05, 0.1) is 28.3 Å². The first kappa shape index (κ1) is 26.5. The van der Waals surface area contributed by atoms with Crippen LogP contribution in [0.5, 0.6) is 0 Å². The van der Waals surface area contributed by atoms with E-state index in [4.69, 9.17) is 9.72 Å². The SMILES string of the molecule is CN=Cc1cccc(-c2nc(NC(=O)N3CCC4(CC3)CN(C)CCO4)sc2-c2ccc3ncnc(C)c3c2)c1. The number of benzene rings is 2. The molecular formula is C30H33N7O2S. The van der Waals surface area contributed by atoms with E-state index >= 15 is 0 Å². The van der Waals surface area contributed by atoms with Crippen LogP contribution in [0.15, 0.2) is 53.8 Å². The first-order valence-corrected chi connectivity index (χ1v) is 14.4. The van der Waals surface area contributed by atoms with E-state index < -0.39 is 0 Å². The molecule has 0 saturated carbocycles. The van der Waals surface area contributed by atoms with Gasteiger partial charge in [0, 0.05) is 56.1 Å². The van der Waals surface area contributed by atoms with Gasteiger partial charge in [0.1, 0.15) is 6.33 Å². The zero-order valence-electron chi connectivity index (χ0n) is 23.1. The molecule has 2 saturated heterocycles. The number of carbonyl (C=O) groups excluding carboxylic acids is 1. The van der Waals surface area contributed by atoms with Gasteiger partial charge in [0.2, 0.25) is 0 Å². The molecule has 0 radical (unpaired) electrons. The molecule has 2 aliphatic rings. The highest BCUT2D eigenvalue weighted by Crippen LogP contribution is 2.40. The number of fused-ring (bicyclic) bond motifs is 1. The van der Waals surface area contributed by atoms with E-state index in [9.17, 15) is 4.79 Å². The number of rotatable bonds is 4. The van der Waals surface area contributed by atoms with Crippen LogP contribution in [0, 0.1) is 6.92 Å². The summed E-state index contributed by atoms with van der Waals surface area (Å²) in [5.41, 5.74) is 5.45. The Balaban J connectivity index is 1.30. The molecular weight excluding hydrogens is 522 g/mol. The first-order valence-electron chi connectivity index (χ1n) is 13.6. The smallest absolute Gasteiger partial charge is 0.323 e. The number of hydrogen-bond donors (Lipinski definition) is 1. The number of likely N-dealkylation sites (N-methyl/N-ethyl adjacent to an activating group) is 1. The highest BCUT2D eigenvalue weighted by molar-refractivity contribution is 7.19. The van der Waals surface area contributed by atoms with E-state index in [1.807, 2.05) is 42.3 Å². The number of piperidine rings is 1. The number of morpholine rings is 1. The molecule has 1 N–H and O–H groups in total. The zero-order chi connectivity index (χ0) is 27.7. The second kappa shape index (κ2) is 11.0. The molecule has 206 valence electrons. The van der Waals surface area contributed by atoms with Gasteiger partial charge in [-0.15, -0.1) is 0 Å². The predicted octanol–water partition coefficient (Wildman–Crippen LogP) is 5.11. The standard InChI is InChI=1S/C30H33N7O2S/c1-20-24-16-23(7-8-25(24)33-19-32-20)27-26(22-6-4-5-21(15-22)17-31-2)34-28(40-27)35-29(38)37-11-9-30(10-12-37)18-36(3)13-14-39-30/h4-8,15-17,19H,9-14,18H2,1-3H3,(H,34,35,38). The number of thiazole rings is 1. The molecule has 2 aromatic heterocycles. The average molecular weight is 556 g/mol. The number of aryl methyl sites for hydroxylation is 1. The van der Waals surface area contributed by atoms with Crippen molar-refractivity contribution >= 4 is 39.6 Å². The molecule has 40 heavy (non-hydrogen) atoms. The summed E-state index contributed by atoms with van der Waals surface area (Å²) in [5.74, 6) is 0. The minimum absolute atomic E-state index is 0.125. The number of likely N-dealkylation sites (tertiary alicyclic amines) is 1. The predicted molar refractivity (Wildman–Crippen MR) is 160 cm³/mol. The number of nitrogens with zero attached hydrogens (tertiary/aromatic N) is 6. The van der Waals surface area contributed by atoms with Crippen molar-refractivity contribution < 1.29 is 9.53 Å². The van der Waals surface area contributed by atoms with Crippen LogP contribution >= 0.6 is 11.3 Å². The monoisotopic (exact) mass is 555 g/mol. The molecule has 1 spiro atoms. The molecule has 10 heteroatoms. The van der Waals surface area contributed by atoms with Gasteiger partial charge in [-0.1, -0.05) is 35.6 Å². The Kier molecular flexibility index (Phi) is 7.31. The molecule has 6 rings (SSSR count). The van der Waals surface area contributed by atoms with Crippen molar-refractivity contribution in [2.75, 3.05) is 52.2 Å². The average Bonchev–Trinajstić information content (AvgIpc) is 3.37. The number of aromatic nitrogens is 3. The zero-order valence-corrected chi connectivity index (χ0v) is 23.9. The lowest BCUT2D eigenvalue weighted by atomic mass is 9.89. The van der Waals surface area contributed by atoms with Crippen LogP contribution in [0.25, 0.3) is 32.6 Å². The summed E-state index contributed by atoms with van der Waals surface area (Å²) >= 11 is 1.48. The summed E-state index contributed by atoms with van der Waals surface area (Å²) in [5, 5.41) is 4.66. The van der Waals surface area contributed by atoms with Gasteiger partial charge in [0.15, 0.2) is 5.13 Å². The van der Waals surface area contributed by atoms with Crippen molar-refractivity contribution in [3.8, 4) is 21.7 Å². The van der Waals surface area contributed by atoms with Crippen molar-refractivity contribution in [3.63, 3.8) is 0 Å². The number of anilines is 1. The number of carbonyl (C=O) groups is 1. The van der Waals surface area contributed by atoms with Crippen molar-refractivity contribution in [2.24, 2.45) is 4.99 Å². The third-order valence-electron chi connectivity index (χ3n) is 7.78. The molecule has 2 fully saturated rings. The van der Waals surface area contributed by atoms with Crippen LogP contribution < -0.4 is 5.32 Å². The lowest BCUT2D eigenvalue weighted by molar-refractivity contribution is -0.126. The molecule has 9 nitrogen and oxygen atoms in total. The normalized spacial score (nSPS) is 17.6. The van der Waals surface area contributed by atoms with Gasteiger partial charge in [0.25, 0.3) is 0 Å². The maximum atomic E-state index is 13.4. The highest BCUT2D eigenvalue weighted by Gasteiger charge is 2.39. The second-order valence-electron chi connectivity index (χ2n) is 10.6. The Morgan fingerprint density at radius 3 is 2.77 bits per heavy atom. The molecule has 0 bridgehead atoms. The van der Waals surface area contributed by atoms with Crippen LogP contribution in [0.2, 0.25) is 0 Å². The molecule has 0 unspecified atom stereocenters. The summed E-state index contributed by atoms with van der Waals surface area (Å²) in [6.45, 7) is 5.93. The summed E-state index contributed by atoms with van der Waals surface area (Å²) in [4.78, 5) is 36.4. The Labute approximate surface area is 237 Å². The van der Waals surface area contributed by atoms with Gasteiger partial charge in [-0.2, -0.15) is 0 Å². The molecule has 2 aromatic carbocycles. The summed E-state index contributed by atoms with van der Waals surface area (Å²) in [6.07, 6.45) is 5.09. The maximum Gasteiger partial charge on any atom is 0.323 e. The molecule has 2 aliphatic heterocycles. The molecule has 0 aliphatic carbocycles. The maximum absolute atomic E-state index is 13.4. The van der Waals surface area contributed by atoms with Gasteiger partial charge >= 0.3 is 6.03 Å². The van der Waals surface area contributed by atoms with Crippen LogP contribution in [0.4, 0.5) is 9.93 Å². The van der Waals surface area contributed by atoms with E-state index in [2.05, 4.69) is 50.4 Å². The number of nitrogens with one attached hydrogen (secondary N) is 1. The number of urea groups is 1. The van der Waals surface area contributed by atoms with Crippen molar-refractivity contribution in [1.29, 1.82) is 0 Å². The van der Waals surface area contributed by atoms with Crippen molar-refractivity contribution in [3.05, 3.63) is 60.0 Å². The van der Waals surface area contributed by atoms with E-state index in [1.54, 1.807) is 13.4 Å². The number of ether oxygens (including phenoxy) is 1. The van der Waals surface area contributed by atoms with Gasteiger partial charge in [-0.3, -0.25) is 10.3 Å². The summed E-state index contributed by atoms with van der Waals surface area (Å²) in [7, 11) is 3.89. The van der Waals surface area contributed by atoms with Crippen LogP contribution in [0.3, 0.4) is 0 Å². The number of aliphatic imine (C=N–C) groups is 1. The van der Waals surface area contributed by atoms with Crippen LogP contribution in [-0.4, -0.2) is 89.5 Å².